The van der Waals surface area contributed by atoms with Gasteiger partial charge in [0, 0.05) is 17.1 Å². The molecule has 6 heteroatoms. The standard InChI is InChI=1S/C22H20ClN3OS/c1-15-19(21(27)24-13-7-10-16-8-4-3-5-9-16)20(26-22(25-15)28-2)17-11-6-12-18(23)14-17/h3-12,14H,13H2,1-2H3,(H,24,27)/b10-7+. The van der Waals surface area contributed by atoms with Crippen molar-refractivity contribution in [1.29, 1.82) is 0 Å². The van der Waals surface area contributed by atoms with Gasteiger partial charge in [-0.25, -0.2) is 9.97 Å². The first-order valence-electron chi connectivity index (χ1n) is 8.77. The third-order valence-corrected chi connectivity index (χ3v) is 4.85. The first-order valence-corrected chi connectivity index (χ1v) is 10.4. The molecule has 0 radical (unpaired) electrons. The van der Waals surface area contributed by atoms with Crippen LogP contribution in [-0.2, 0) is 0 Å². The molecule has 0 aliphatic heterocycles. The van der Waals surface area contributed by atoms with E-state index in [1.54, 1.807) is 12.1 Å². The molecule has 4 nitrogen and oxygen atoms in total. The summed E-state index contributed by atoms with van der Waals surface area (Å²) in [7, 11) is 0. The van der Waals surface area contributed by atoms with Crippen LogP contribution in [0, 0.1) is 6.92 Å². The molecular formula is C22H20ClN3OS. The molecule has 0 atom stereocenters. The Bertz CT molecular complexity index is 1010. The highest BCUT2D eigenvalue weighted by atomic mass is 35.5. The fourth-order valence-electron chi connectivity index (χ4n) is 2.75. The number of halogens is 1. The molecule has 0 bridgehead atoms. The third kappa shape index (κ3) is 5.00. The minimum Gasteiger partial charge on any atom is -0.348 e. The second kappa shape index (κ2) is 9.53. The zero-order valence-electron chi connectivity index (χ0n) is 15.6. The van der Waals surface area contributed by atoms with Crippen LogP contribution in [0.3, 0.4) is 0 Å². The van der Waals surface area contributed by atoms with E-state index in [9.17, 15) is 4.79 Å². The lowest BCUT2D eigenvalue weighted by atomic mass is 10.0. The fraction of sp³-hybridized carbons (Fsp3) is 0.136. The van der Waals surface area contributed by atoms with Crippen molar-refractivity contribution in [3.63, 3.8) is 0 Å². The summed E-state index contributed by atoms with van der Waals surface area (Å²) in [6.45, 7) is 2.23. The molecule has 3 aromatic rings. The van der Waals surface area contributed by atoms with Crippen molar-refractivity contribution >= 4 is 35.3 Å². The van der Waals surface area contributed by atoms with E-state index in [-0.39, 0.29) is 5.91 Å². The summed E-state index contributed by atoms with van der Waals surface area (Å²) in [4.78, 5) is 21.9. The Morgan fingerprint density at radius 3 is 2.64 bits per heavy atom. The van der Waals surface area contributed by atoms with Gasteiger partial charge in [0.25, 0.3) is 5.91 Å². The zero-order chi connectivity index (χ0) is 19.9. The number of nitrogens with zero attached hydrogens (tertiary/aromatic N) is 2. The van der Waals surface area contributed by atoms with Gasteiger partial charge < -0.3 is 5.32 Å². The molecular weight excluding hydrogens is 390 g/mol. The van der Waals surface area contributed by atoms with Crippen LogP contribution < -0.4 is 5.32 Å². The Kier molecular flexibility index (Phi) is 6.85. The quantitative estimate of drug-likeness (QED) is 0.445. The van der Waals surface area contributed by atoms with Gasteiger partial charge in [0.2, 0.25) is 0 Å². The topological polar surface area (TPSA) is 54.9 Å². The maximum Gasteiger partial charge on any atom is 0.255 e. The van der Waals surface area contributed by atoms with E-state index >= 15 is 0 Å². The number of thioether (sulfide) groups is 1. The largest absolute Gasteiger partial charge is 0.348 e. The number of aryl methyl sites for hydroxylation is 1. The maximum atomic E-state index is 12.9. The summed E-state index contributed by atoms with van der Waals surface area (Å²) >= 11 is 7.58. The molecule has 0 saturated carbocycles. The van der Waals surface area contributed by atoms with Gasteiger partial charge in [-0.05, 0) is 30.9 Å². The van der Waals surface area contributed by atoms with Crippen LogP contribution in [0.25, 0.3) is 17.3 Å². The van der Waals surface area contributed by atoms with Gasteiger partial charge in [-0.3, -0.25) is 4.79 Å². The van der Waals surface area contributed by atoms with Crippen molar-refractivity contribution in [3.05, 3.63) is 82.5 Å². The molecule has 1 N–H and O–H groups in total. The molecule has 0 aliphatic rings. The number of carbonyl (C=O) groups is 1. The number of aromatic nitrogens is 2. The van der Waals surface area contributed by atoms with Gasteiger partial charge >= 0.3 is 0 Å². The van der Waals surface area contributed by atoms with Gasteiger partial charge in [0.15, 0.2) is 5.16 Å². The summed E-state index contributed by atoms with van der Waals surface area (Å²) in [5.74, 6) is -0.210. The number of benzene rings is 2. The Hall–Kier alpha value is -2.63. The molecule has 0 unspecified atom stereocenters. The van der Waals surface area contributed by atoms with Gasteiger partial charge in [-0.2, -0.15) is 0 Å². The highest BCUT2D eigenvalue weighted by Gasteiger charge is 2.19. The van der Waals surface area contributed by atoms with E-state index in [0.29, 0.717) is 33.7 Å². The first-order chi connectivity index (χ1) is 13.6. The smallest absolute Gasteiger partial charge is 0.255 e. The average Bonchev–Trinajstić information content (AvgIpc) is 2.71. The molecule has 2 aromatic carbocycles. The number of hydrogen-bond acceptors (Lipinski definition) is 4. The summed E-state index contributed by atoms with van der Waals surface area (Å²) in [5.41, 5.74) is 3.56. The molecule has 1 aromatic heterocycles. The fourth-order valence-corrected chi connectivity index (χ4v) is 3.36. The Morgan fingerprint density at radius 2 is 1.93 bits per heavy atom. The van der Waals surface area contributed by atoms with Crippen LogP contribution in [-0.4, -0.2) is 28.7 Å². The average molecular weight is 410 g/mol. The van der Waals surface area contributed by atoms with Gasteiger partial charge in [-0.1, -0.05) is 78.0 Å². The van der Waals surface area contributed by atoms with E-state index in [0.717, 1.165) is 11.1 Å². The minimum absolute atomic E-state index is 0.210. The van der Waals surface area contributed by atoms with Crippen LogP contribution in [0.2, 0.25) is 5.02 Å². The second-order valence-electron chi connectivity index (χ2n) is 6.05. The molecule has 3 rings (SSSR count). The molecule has 1 amide bonds. The van der Waals surface area contributed by atoms with Gasteiger partial charge in [-0.15, -0.1) is 0 Å². The van der Waals surface area contributed by atoms with Crippen molar-refractivity contribution in [2.24, 2.45) is 0 Å². The predicted molar refractivity (Wildman–Crippen MR) is 117 cm³/mol. The summed E-state index contributed by atoms with van der Waals surface area (Å²) < 4.78 is 0. The number of amides is 1. The predicted octanol–water partition coefficient (Wildman–Crippen LogP) is 5.27. The van der Waals surface area contributed by atoms with Crippen molar-refractivity contribution in [2.45, 2.75) is 12.1 Å². The van der Waals surface area contributed by atoms with Crippen LogP contribution in [0.15, 0.2) is 65.8 Å². The first kappa shape index (κ1) is 20.1. The van der Waals surface area contributed by atoms with E-state index < -0.39 is 0 Å². The minimum atomic E-state index is -0.210. The van der Waals surface area contributed by atoms with Crippen molar-refractivity contribution < 1.29 is 4.79 Å². The van der Waals surface area contributed by atoms with Crippen LogP contribution in [0.1, 0.15) is 21.6 Å². The van der Waals surface area contributed by atoms with E-state index in [1.807, 2.05) is 67.8 Å². The monoisotopic (exact) mass is 409 g/mol. The third-order valence-electron chi connectivity index (χ3n) is 4.07. The lowest BCUT2D eigenvalue weighted by Gasteiger charge is -2.13. The molecule has 0 spiro atoms. The van der Waals surface area contributed by atoms with E-state index in [2.05, 4.69) is 15.3 Å². The molecule has 28 heavy (non-hydrogen) atoms. The highest BCUT2D eigenvalue weighted by Crippen LogP contribution is 2.27. The van der Waals surface area contributed by atoms with E-state index in [1.165, 1.54) is 11.8 Å². The van der Waals surface area contributed by atoms with Crippen LogP contribution in [0.5, 0.6) is 0 Å². The molecule has 0 saturated heterocycles. The van der Waals surface area contributed by atoms with Crippen LogP contribution >= 0.6 is 23.4 Å². The number of carbonyl (C=O) groups excluding carboxylic acids is 1. The van der Waals surface area contributed by atoms with Crippen molar-refractivity contribution in [3.8, 4) is 11.3 Å². The summed E-state index contributed by atoms with van der Waals surface area (Å²) in [5, 5.41) is 4.14. The second-order valence-corrected chi connectivity index (χ2v) is 7.26. The SMILES string of the molecule is CSc1nc(C)c(C(=O)NC/C=C/c2ccccc2)c(-c2cccc(Cl)c2)n1. The lowest BCUT2D eigenvalue weighted by Crippen LogP contribution is -2.26. The summed E-state index contributed by atoms with van der Waals surface area (Å²) in [6.07, 6.45) is 5.79. The maximum absolute atomic E-state index is 12.9. The zero-order valence-corrected chi connectivity index (χ0v) is 17.2. The normalized spacial score (nSPS) is 11.0. The molecule has 142 valence electrons. The Labute approximate surface area is 174 Å². The van der Waals surface area contributed by atoms with Gasteiger partial charge in [0.05, 0.1) is 17.0 Å². The van der Waals surface area contributed by atoms with Crippen molar-refractivity contribution in [2.75, 3.05) is 12.8 Å². The Balaban J connectivity index is 1.85. The Morgan fingerprint density at radius 1 is 1.14 bits per heavy atom. The number of nitrogens with one attached hydrogen (secondary N) is 1. The van der Waals surface area contributed by atoms with Gasteiger partial charge in [0.1, 0.15) is 0 Å². The lowest BCUT2D eigenvalue weighted by molar-refractivity contribution is 0.0957. The number of hydrogen-bond donors (Lipinski definition) is 1. The summed E-state index contributed by atoms with van der Waals surface area (Å²) in [6, 6.07) is 17.3. The molecule has 0 fully saturated rings. The van der Waals surface area contributed by atoms with Crippen molar-refractivity contribution in [1.82, 2.24) is 15.3 Å². The number of rotatable bonds is 6. The molecule has 0 aliphatic carbocycles. The van der Waals surface area contributed by atoms with E-state index in [4.69, 9.17) is 11.6 Å². The highest BCUT2D eigenvalue weighted by molar-refractivity contribution is 7.98. The van der Waals surface area contributed by atoms with Crippen LogP contribution in [0.4, 0.5) is 0 Å². The molecule has 1 heterocycles.